The van der Waals surface area contributed by atoms with Crippen molar-refractivity contribution in [2.45, 2.75) is 32.7 Å². The second-order valence-electron chi connectivity index (χ2n) is 7.90. The number of pyridine rings is 1. The lowest BCUT2D eigenvalue weighted by atomic mass is 9.81. The molecule has 1 aliphatic heterocycles. The Morgan fingerprint density at radius 3 is 2.55 bits per heavy atom. The largest absolute Gasteiger partial charge is 0.343 e. The maximum atomic E-state index is 13.1. The molecule has 5 rings (SSSR count). The van der Waals surface area contributed by atoms with E-state index in [2.05, 4.69) is 17.2 Å². The van der Waals surface area contributed by atoms with Gasteiger partial charge in [0.15, 0.2) is 5.78 Å². The zero-order chi connectivity index (χ0) is 20.1. The van der Waals surface area contributed by atoms with E-state index in [1.165, 1.54) is 0 Å². The number of fused-ring (bicyclic) bond motifs is 1. The topological polar surface area (TPSA) is 59.8 Å². The summed E-state index contributed by atoms with van der Waals surface area (Å²) in [5.41, 5.74) is 5.86. The molecule has 29 heavy (non-hydrogen) atoms. The minimum Gasteiger partial charge on any atom is -0.343 e. The Bertz CT molecular complexity index is 1130. The van der Waals surface area contributed by atoms with E-state index in [0.29, 0.717) is 17.4 Å². The molecule has 0 saturated carbocycles. The SMILES string of the molecule is Cc1nn2c(c1-c1ccc(Cl)cc1)NC1=C(C(=O)C[C@H](C)C1)[C@@H]2c1ccncc1. The summed E-state index contributed by atoms with van der Waals surface area (Å²) in [4.78, 5) is 17.2. The highest BCUT2D eigenvalue weighted by Crippen LogP contribution is 2.45. The lowest BCUT2D eigenvalue weighted by molar-refractivity contribution is -0.117. The number of carbonyl (C=O) groups excluding carboxylic acids is 1. The first-order valence-electron chi connectivity index (χ1n) is 9.81. The van der Waals surface area contributed by atoms with E-state index < -0.39 is 0 Å². The van der Waals surface area contributed by atoms with Crippen LogP contribution >= 0.6 is 11.6 Å². The molecule has 2 atom stereocenters. The number of nitrogens with zero attached hydrogens (tertiary/aromatic N) is 3. The second-order valence-corrected chi connectivity index (χ2v) is 8.33. The van der Waals surface area contributed by atoms with E-state index in [4.69, 9.17) is 16.7 Å². The number of rotatable bonds is 2. The molecule has 5 nitrogen and oxygen atoms in total. The Morgan fingerprint density at radius 2 is 1.83 bits per heavy atom. The van der Waals surface area contributed by atoms with Crippen LogP contribution in [0.3, 0.4) is 0 Å². The first-order chi connectivity index (χ1) is 14.0. The molecule has 0 unspecified atom stereocenters. The lowest BCUT2D eigenvalue weighted by Gasteiger charge is -2.35. The molecule has 1 N–H and O–H groups in total. The highest BCUT2D eigenvalue weighted by atomic mass is 35.5. The molecule has 0 saturated heterocycles. The van der Waals surface area contributed by atoms with Crippen molar-refractivity contribution in [2.24, 2.45) is 5.92 Å². The van der Waals surface area contributed by atoms with Gasteiger partial charge >= 0.3 is 0 Å². The van der Waals surface area contributed by atoms with Gasteiger partial charge in [-0.15, -0.1) is 0 Å². The first-order valence-corrected chi connectivity index (χ1v) is 10.2. The molecule has 6 heteroatoms. The third-order valence-electron chi connectivity index (χ3n) is 5.74. The standard InChI is InChI=1S/C23H21ClN4O/c1-13-11-18-21(19(29)12-13)22(16-7-9-25-10-8-16)28-23(26-18)20(14(2)27-28)15-3-5-17(24)6-4-15/h3-10,13,22,26H,11-12H2,1-2H3/t13-,22+/m1/s1. The number of ketones is 1. The van der Waals surface area contributed by atoms with Gasteiger partial charge in [-0.05, 0) is 54.7 Å². The predicted molar refractivity (Wildman–Crippen MR) is 114 cm³/mol. The van der Waals surface area contributed by atoms with E-state index in [-0.39, 0.29) is 11.8 Å². The van der Waals surface area contributed by atoms with Crippen molar-refractivity contribution in [3.05, 3.63) is 76.3 Å². The molecule has 2 aliphatic rings. The normalized spacial score (nSPS) is 20.9. The summed E-state index contributed by atoms with van der Waals surface area (Å²) >= 11 is 6.10. The fourth-order valence-electron chi connectivity index (χ4n) is 4.50. The zero-order valence-corrected chi connectivity index (χ0v) is 17.1. The van der Waals surface area contributed by atoms with Crippen LogP contribution in [0.5, 0.6) is 0 Å². The number of aromatic nitrogens is 3. The van der Waals surface area contributed by atoms with Gasteiger partial charge in [-0.25, -0.2) is 4.68 Å². The molecule has 0 radical (unpaired) electrons. The summed E-state index contributed by atoms with van der Waals surface area (Å²) in [6.07, 6.45) is 4.96. The van der Waals surface area contributed by atoms with Crippen molar-refractivity contribution >= 4 is 23.2 Å². The molecule has 1 aromatic carbocycles. The number of allylic oxidation sites excluding steroid dienone is 2. The molecule has 0 bridgehead atoms. The number of carbonyl (C=O) groups is 1. The Balaban J connectivity index is 1.74. The Kier molecular flexibility index (Phi) is 4.28. The third-order valence-corrected chi connectivity index (χ3v) is 5.99. The first kappa shape index (κ1) is 18.1. The second kappa shape index (κ2) is 6.85. The molecule has 0 fully saturated rings. The van der Waals surface area contributed by atoms with Crippen LogP contribution in [-0.4, -0.2) is 20.5 Å². The molecule has 3 heterocycles. The molecule has 0 spiro atoms. The Labute approximate surface area is 174 Å². The van der Waals surface area contributed by atoms with Crippen LogP contribution in [0, 0.1) is 12.8 Å². The number of aryl methyl sites for hydroxylation is 1. The number of nitrogens with one attached hydrogen (secondary N) is 1. The molecule has 1 aliphatic carbocycles. The van der Waals surface area contributed by atoms with Crippen molar-refractivity contribution < 1.29 is 4.79 Å². The van der Waals surface area contributed by atoms with Gasteiger partial charge in [0.1, 0.15) is 11.9 Å². The molecule has 3 aromatic rings. The van der Waals surface area contributed by atoms with Crippen LogP contribution in [0.2, 0.25) is 5.02 Å². The van der Waals surface area contributed by atoms with Crippen LogP contribution in [0.15, 0.2) is 60.1 Å². The highest BCUT2D eigenvalue weighted by molar-refractivity contribution is 6.30. The minimum atomic E-state index is -0.246. The molecule has 2 aromatic heterocycles. The fourth-order valence-corrected chi connectivity index (χ4v) is 4.62. The van der Waals surface area contributed by atoms with Crippen LogP contribution in [0.1, 0.15) is 37.1 Å². The van der Waals surface area contributed by atoms with Crippen molar-refractivity contribution in [3.8, 4) is 11.1 Å². The predicted octanol–water partition coefficient (Wildman–Crippen LogP) is 5.17. The lowest BCUT2D eigenvalue weighted by Crippen LogP contribution is -2.33. The summed E-state index contributed by atoms with van der Waals surface area (Å²) in [7, 11) is 0. The van der Waals surface area contributed by atoms with Crippen molar-refractivity contribution in [1.29, 1.82) is 0 Å². The van der Waals surface area contributed by atoms with Crippen LogP contribution < -0.4 is 5.32 Å². The maximum absolute atomic E-state index is 13.1. The van der Waals surface area contributed by atoms with Gasteiger partial charge in [-0.2, -0.15) is 5.10 Å². The van der Waals surface area contributed by atoms with Gasteiger partial charge in [0.05, 0.1) is 5.69 Å². The highest BCUT2D eigenvalue weighted by Gasteiger charge is 2.39. The number of Topliss-reactive ketones (excluding diaryl/α,β-unsaturated/α-hetero) is 1. The number of hydrogen-bond acceptors (Lipinski definition) is 4. The van der Waals surface area contributed by atoms with Gasteiger partial charge in [0.2, 0.25) is 0 Å². The number of hydrogen-bond donors (Lipinski definition) is 1. The molecule has 146 valence electrons. The Morgan fingerprint density at radius 1 is 1.10 bits per heavy atom. The van der Waals surface area contributed by atoms with E-state index in [0.717, 1.165) is 45.9 Å². The minimum absolute atomic E-state index is 0.194. The van der Waals surface area contributed by atoms with E-state index >= 15 is 0 Å². The van der Waals surface area contributed by atoms with Crippen molar-refractivity contribution in [3.63, 3.8) is 0 Å². The molecule has 0 amide bonds. The van der Waals surface area contributed by atoms with Gasteiger partial charge in [-0.3, -0.25) is 9.78 Å². The quantitative estimate of drug-likeness (QED) is 0.639. The van der Waals surface area contributed by atoms with Crippen molar-refractivity contribution in [2.75, 3.05) is 5.32 Å². The molecular formula is C23H21ClN4O. The Hall–Kier alpha value is -2.92. The maximum Gasteiger partial charge on any atom is 0.163 e. The van der Waals surface area contributed by atoms with E-state index in [1.54, 1.807) is 12.4 Å². The van der Waals surface area contributed by atoms with Gasteiger partial charge in [0.25, 0.3) is 0 Å². The number of halogens is 1. The third kappa shape index (κ3) is 2.97. The van der Waals surface area contributed by atoms with Crippen LogP contribution in [0.4, 0.5) is 5.82 Å². The van der Waals surface area contributed by atoms with E-state index in [1.807, 2.05) is 48.0 Å². The van der Waals surface area contributed by atoms with Crippen LogP contribution in [-0.2, 0) is 4.79 Å². The summed E-state index contributed by atoms with van der Waals surface area (Å²) < 4.78 is 1.96. The summed E-state index contributed by atoms with van der Waals surface area (Å²) in [5, 5.41) is 9.14. The fraction of sp³-hybridized carbons (Fsp3) is 0.261. The summed E-state index contributed by atoms with van der Waals surface area (Å²) in [5.74, 6) is 1.44. The number of benzene rings is 1. The van der Waals surface area contributed by atoms with Crippen LogP contribution in [0.25, 0.3) is 11.1 Å². The van der Waals surface area contributed by atoms with Crippen molar-refractivity contribution in [1.82, 2.24) is 14.8 Å². The monoisotopic (exact) mass is 404 g/mol. The smallest absolute Gasteiger partial charge is 0.163 e. The van der Waals surface area contributed by atoms with Gasteiger partial charge in [0, 0.05) is 40.7 Å². The average molecular weight is 405 g/mol. The van der Waals surface area contributed by atoms with E-state index in [9.17, 15) is 4.79 Å². The number of anilines is 1. The molecular weight excluding hydrogens is 384 g/mol. The summed E-state index contributed by atoms with van der Waals surface area (Å²) in [6.45, 7) is 4.13. The van der Waals surface area contributed by atoms with Gasteiger partial charge < -0.3 is 5.32 Å². The average Bonchev–Trinajstić information content (AvgIpc) is 3.03. The zero-order valence-electron chi connectivity index (χ0n) is 16.3. The van der Waals surface area contributed by atoms with Gasteiger partial charge in [-0.1, -0.05) is 30.7 Å². The summed E-state index contributed by atoms with van der Waals surface area (Å²) in [6, 6.07) is 11.5.